The van der Waals surface area contributed by atoms with Gasteiger partial charge in [0.2, 0.25) is 0 Å². The summed E-state index contributed by atoms with van der Waals surface area (Å²) >= 11 is 0. The van der Waals surface area contributed by atoms with Crippen molar-refractivity contribution in [3.05, 3.63) is 70.3 Å². The van der Waals surface area contributed by atoms with Gasteiger partial charge in [-0.2, -0.15) is 0 Å². The van der Waals surface area contributed by atoms with Crippen LogP contribution >= 0.6 is 0 Å². The van der Waals surface area contributed by atoms with Gasteiger partial charge in [0.15, 0.2) is 11.6 Å². The van der Waals surface area contributed by atoms with Gasteiger partial charge in [0.25, 0.3) is 0 Å². The smallest absolute Gasteiger partial charge is 0.194 e. The second kappa shape index (κ2) is 5.65. The van der Waals surface area contributed by atoms with Crippen molar-refractivity contribution in [2.45, 2.75) is 32.6 Å². The second-order valence-corrected chi connectivity index (χ2v) is 5.50. The summed E-state index contributed by atoms with van der Waals surface area (Å²) in [6.45, 7) is 2.16. The number of unbranched alkanes of at least 4 members (excludes halogenated alkanes) is 2. The lowest BCUT2D eigenvalue weighted by Crippen LogP contribution is -2.22. The van der Waals surface area contributed by atoms with Gasteiger partial charge in [-0.1, -0.05) is 62.2 Å². The molecule has 0 aliphatic heterocycles. The fraction of sp³-hybridized carbons (Fsp3) is 0.263. The topological polar surface area (TPSA) is 34.1 Å². The molecule has 0 atom stereocenters. The summed E-state index contributed by atoms with van der Waals surface area (Å²) < 4.78 is 0. The Kier molecular flexibility index (Phi) is 3.70. The van der Waals surface area contributed by atoms with E-state index in [0.717, 1.165) is 31.2 Å². The molecule has 2 aromatic rings. The molecular weight excluding hydrogens is 260 g/mol. The van der Waals surface area contributed by atoms with Crippen molar-refractivity contribution in [3.63, 3.8) is 0 Å². The summed E-state index contributed by atoms with van der Waals surface area (Å²) in [4.78, 5) is 25.3. The molecular formula is C19H18O2. The molecule has 3 rings (SSSR count). The first-order valence-electron chi connectivity index (χ1n) is 7.54. The van der Waals surface area contributed by atoms with E-state index in [-0.39, 0.29) is 11.6 Å². The summed E-state index contributed by atoms with van der Waals surface area (Å²) in [5, 5.41) is 0. The SMILES string of the molecule is CCCCCc1cccc2c1C(=O)c1ccccc1C2=O. The predicted molar refractivity (Wildman–Crippen MR) is 83.0 cm³/mol. The third-order valence-electron chi connectivity index (χ3n) is 4.09. The number of fused-ring (bicyclic) bond motifs is 2. The van der Waals surface area contributed by atoms with Crippen molar-refractivity contribution in [3.8, 4) is 0 Å². The average Bonchev–Trinajstić information content (AvgIpc) is 2.53. The Morgan fingerprint density at radius 1 is 0.762 bits per heavy atom. The summed E-state index contributed by atoms with van der Waals surface area (Å²) in [6, 6.07) is 12.8. The summed E-state index contributed by atoms with van der Waals surface area (Å²) in [7, 11) is 0. The van der Waals surface area contributed by atoms with Crippen molar-refractivity contribution in [1.29, 1.82) is 0 Å². The highest BCUT2D eigenvalue weighted by Crippen LogP contribution is 2.30. The molecule has 1 aliphatic rings. The van der Waals surface area contributed by atoms with Gasteiger partial charge in [0, 0.05) is 22.3 Å². The Morgan fingerprint density at radius 3 is 2.14 bits per heavy atom. The zero-order chi connectivity index (χ0) is 14.8. The zero-order valence-electron chi connectivity index (χ0n) is 12.2. The van der Waals surface area contributed by atoms with Crippen LogP contribution in [0.3, 0.4) is 0 Å². The molecule has 0 saturated heterocycles. The summed E-state index contributed by atoms with van der Waals surface area (Å²) in [5.74, 6) is -0.0372. The van der Waals surface area contributed by atoms with Crippen molar-refractivity contribution in [1.82, 2.24) is 0 Å². The normalized spacial score (nSPS) is 13.0. The Morgan fingerprint density at radius 2 is 1.43 bits per heavy atom. The number of carbonyl (C=O) groups is 2. The molecule has 0 aromatic heterocycles. The van der Waals surface area contributed by atoms with E-state index in [2.05, 4.69) is 6.92 Å². The average molecular weight is 278 g/mol. The lowest BCUT2D eigenvalue weighted by atomic mass is 9.81. The van der Waals surface area contributed by atoms with Crippen LogP contribution in [-0.4, -0.2) is 11.6 Å². The van der Waals surface area contributed by atoms with E-state index >= 15 is 0 Å². The lowest BCUT2D eigenvalue weighted by molar-refractivity contribution is 0.0978. The molecule has 0 unspecified atom stereocenters. The standard InChI is InChI=1S/C19H18O2/c1-2-3-4-8-13-9-7-12-16-17(13)19(21)15-11-6-5-10-14(15)18(16)20/h5-7,9-12H,2-4,8H2,1H3. The molecule has 2 aromatic carbocycles. The van der Waals surface area contributed by atoms with Crippen LogP contribution < -0.4 is 0 Å². The highest BCUT2D eigenvalue weighted by molar-refractivity contribution is 6.28. The van der Waals surface area contributed by atoms with Gasteiger partial charge >= 0.3 is 0 Å². The van der Waals surface area contributed by atoms with Gasteiger partial charge in [0.1, 0.15) is 0 Å². The molecule has 0 heterocycles. The van der Waals surface area contributed by atoms with Gasteiger partial charge < -0.3 is 0 Å². The van der Waals surface area contributed by atoms with Crippen LogP contribution in [0.15, 0.2) is 42.5 Å². The molecule has 1 aliphatic carbocycles. The Bertz CT molecular complexity index is 713. The van der Waals surface area contributed by atoms with Crippen molar-refractivity contribution in [2.75, 3.05) is 0 Å². The third-order valence-corrected chi connectivity index (χ3v) is 4.09. The number of aryl methyl sites for hydroxylation is 1. The molecule has 0 N–H and O–H groups in total. The van der Waals surface area contributed by atoms with E-state index in [4.69, 9.17) is 0 Å². The molecule has 0 bridgehead atoms. The second-order valence-electron chi connectivity index (χ2n) is 5.50. The molecule has 106 valence electrons. The first-order valence-corrected chi connectivity index (χ1v) is 7.54. The molecule has 21 heavy (non-hydrogen) atoms. The number of rotatable bonds is 4. The molecule has 2 heteroatoms. The van der Waals surface area contributed by atoms with Crippen LogP contribution in [0.2, 0.25) is 0 Å². The van der Waals surface area contributed by atoms with Crippen molar-refractivity contribution < 1.29 is 9.59 Å². The quantitative estimate of drug-likeness (QED) is 0.670. The monoisotopic (exact) mass is 278 g/mol. The largest absolute Gasteiger partial charge is 0.289 e. The van der Waals surface area contributed by atoms with Crippen LogP contribution in [0.25, 0.3) is 0 Å². The number of benzene rings is 2. The van der Waals surface area contributed by atoms with E-state index in [9.17, 15) is 9.59 Å². The lowest BCUT2D eigenvalue weighted by Gasteiger charge is -2.20. The third kappa shape index (κ3) is 2.31. The molecule has 0 fully saturated rings. The van der Waals surface area contributed by atoms with Crippen molar-refractivity contribution in [2.24, 2.45) is 0 Å². The number of ketones is 2. The van der Waals surface area contributed by atoms with Gasteiger partial charge in [-0.25, -0.2) is 0 Å². The number of carbonyl (C=O) groups excluding carboxylic acids is 2. The maximum Gasteiger partial charge on any atom is 0.194 e. The van der Waals surface area contributed by atoms with E-state index < -0.39 is 0 Å². The van der Waals surface area contributed by atoms with E-state index in [1.165, 1.54) is 0 Å². The number of hydrogen-bond acceptors (Lipinski definition) is 2. The maximum atomic E-state index is 12.8. The fourth-order valence-electron chi connectivity index (χ4n) is 2.99. The van der Waals surface area contributed by atoms with Gasteiger partial charge in [0.05, 0.1) is 0 Å². The molecule has 0 saturated carbocycles. The van der Waals surface area contributed by atoms with Gasteiger partial charge in [-0.15, -0.1) is 0 Å². The van der Waals surface area contributed by atoms with E-state index in [1.54, 1.807) is 24.3 Å². The minimum atomic E-state index is -0.0301. The minimum Gasteiger partial charge on any atom is -0.289 e. The first-order chi connectivity index (χ1) is 10.2. The van der Waals surface area contributed by atoms with Crippen LogP contribution in [0.1, 0.15) is 63.6 Å². The van der Waals surface area contributed by atoms with E-state index in [1.807, 2.05) is 18.2 Å². The van der Waals surface area contributed by atoms with Crippen molar-refractivity contribution >= 4 is 11.6 Å². The summed E-state index contributed by atoms with van der Waals surface area (Å²) in [6.07, 6.45) is 4.20. The maximum absolute atomic E-state index is 12.8. The van der Waals surface area contributed by atoms with Crippen LogP contribution in [0.4, 0.5) is 0 Å². The molecule has 0 amide bonds. The van der Waals surface area contributed by atoms with E-state index in [0.29, 0.717) is 22.3 Å². The highest BCUT2D eigenvalue weighted by atomic mass is 16.1. The van der Waals surface area contributed by atoms with Crippen LogP contribution in [0.5, 0.6) is 0 Å². The minimum absolute atomic E-state index is 0.00713. The molecule has 2 nitrogen and oxygen atoms in total. The predicted octanol–water partition coefficient (Wildman–Crippen LogP) is 4.19. The first kappa shape index (κ1) is 13.7. The Hall–Kier alpha value is -2.22. The Labute approximate surface area is 124 Å². The fourth-order valence-corrected chi connectivity index (χ4v) is 2.99. The number of hydrogen-bond donors (Lipinski definition) is 0. The Balaban J connectivity index is 2.08. The summed E-state index contributed by atoms with van der Waals surface area (Å²) in [5.41, 5.74) is 3.26. The zero-order valence-corrected chi connectivity index (χ0v) is 12.2. The molecule has 0 radical (unpaired) electrons. The molecule has 0 spiro atoms. The highest BCUT2D eigenvalue weighted by Gasteiger charge is 2.30. The van der Waals surface area contributed by atoms with Gasteiger partial charge in [-0.05, 0) is 18.4 Å². The van der Waals surface area contributed by atoms with Crippen LogP contribution in [-0.2, 0) is 6.42 Å². The van der Waals surface area contributed by atoms with Gasteiger partial charge in [-0.3, -0.25) is 9.59 Å². The van der Waals surface area contributed by atoms with Crippen LogP contribution in [0, 0.1) is 0 Å².